The molecular weight excluding hydrogens is 354 g/mol. The highest BCUT2D eigenvalue weighted by atomic mass is 35.5. The van der Waals surface area contributed by atoms with Gasteiger partial charge in [-0.25, -0.2) is 12.7 Å². The maximum Gasteiger partial charge on any atom is 0.269 e. The number of carbonyl (C=O) groups is 1. The summed E-state index contributed by atoms with van der Waals surface area (Å²) in [5.41, 5.74) is 0.650. The summed E-state index contributed by atoms with van der Waals surface area (Å²) in [5, 5.41) is 0.318. The molecule has 2 heterocycles. The van der Waals surface area contributed by atoms with Crippen LogP contribution < -0.4 is 9.47 Å². The summed E-state index contributed by atoms with van der Waals surface area (Å²) in [7, 11) is -3.88. The number of nitrogens with zero attached hydrogens (tertiary/aromatic N) is 1. The number of ether oxygens (including phenoxy) is 2. The Morgan fingerprint density at radius 3 is 2.46 bits per heavy atom. The molecule has 0 saturated carbocycles. The van der Waals surface area contributed by atoms with Crippen molar-refractivity contribution < 1.29 is 22.7 Å². The Kier molecular flexibility index (Phi) is 3.43. The molecule has 6 nitrogen and oxygen atoms in total. The van der Waals surface area contributed by atoms with E-state index < -0.39 is 15.9 Å². The van der Waals surface area contributed by atoms with Gasteiger partial charge in [-0.1, -0.05) is 23.7 Å². The minimum atomic E-state index is -3.88. The fourth-order valence-corrected chi connectivity index (χ4v) is 4.53. The van der Waals surface area contributed by atoms with Crippen LogP contribution in [0.25, 0.3) is 0 Å². The van der Waals surface area contributed by atoms with Crippen molar-refractivity contribution in [2.24, 2.45) is 0 Å². The first kappa shape index (κ1) is 15.3. The van der Waals surface area contributed by atoms with Gasteiger partial charge in [0, 0.05) is 11.1 Å². The third-order valence-corrected chi connectivity index (χ3v) is 6.08. The van der Waals surface area contributed by atoms with E-state index in [-0.39, 0.29) is 17.0 Å². The second kappa shape index (κ2) is 5.39. The number of hydrogen-bond acceptors (Lipinski definition) is 5. The summed E-state index contributed by atoms with van der Waals surface area (Å²) >= 11 is 6.22. The molecule has 4 rings (SSSR count). The second-order valence-corrected chi connectivity index (χ2v) is 7.64. The number of rotatable bonds is 2. The molecule has 0 aliphatic carbocycles. The van der Waals surface area contributed by atoms with E-state index in [1.54, 1.807) is 24.3 Å². The van der Waals surface area contributed by atoms with Crippen molar-refractivity contribution in [2.45, 2.75) is 11.4 Å². The molecule has 0 fully saturated rings. The highest BCUT2D eigenvalue weighted by molar-refractivity contribution is 7.90. The van der Waals surface area contributed by atoms with Crippen LogP contribution in [-0.4, -0.2) is 31.8 Å². The first-order valence-corrected chi connectivity index (χ1v) is 9.04. The molecule has 124 valence electrons. The average molecular weight is 366 g/mol. The Hall–Kier alpha value is -2.25. The molecule has 0 N–H and O–H groups in total. The second-order valence-electron chi connectivity index (χ2n) is 5.40. The van der Waals surface area contributed by atoms with Crippen LogP contribution in [0.2, 0.25) is 5.02 Å². The summed E-state index contributed by atoms with van der Waals surface area (Å²) in [5.74, 6) is 0.438. The number of fused-ring (bicyclic) bond motifs is 2. The molecule has 0 spiro atoms. The smallest absolute Gasteiger partial charge is 0.269 e. The SMILES string of the molecule is O=C1c2ccccc2S(=O)(=O)N1Cc1cc2c(cc1Cl)OCCO2. The molecule has 0 saturated heterocycles. The summed E-state index contributed by atoms with van der Waals surface area (Å²) in [6.45, 7) is 0.669. The van der Waals surface area contributed by atoms with Gasteiger partial charge in [-0.05, 0) is 23.8 Å². The third-order valence-electron chi connectivity index (χ3n) is 3.94. The summed E-state index contributed by atoms with van der Waals surface area (Å²) in [6.07, 6.45) is 0. The standard InChI is InChI=1S/C16H12ClNO5S/c17-12-8-14-13(22-5-6-23-14)7-10(12)9-18-16(19)11-3-1-2-4-15(11)24(18,20)21/h1-4,7-8H,5-6,9H2. The van der Waals surface area contributed by atoms with E-state index in [1.807, 2.05) is 0 Å². The Balaban J connectivity index is 1.73. The molecule has 2 aliphatic heterocycles. The van der Waals surface area contributed by atoms with E-state index >= 15 is 0 Å². The Labute approximate surface area is 143 Å². The van der Waals surface area contributed by atoms with Crippen molar-refractivity contribution in [2.75, 3.05) is 13.2 Å². The van der Waals surface area contributed by atoms with Crippen LogP contribution in [0.4, 0.5) is 0 Å². The Morgan fingerprint density at radius 1 is 1.08 bits per heavy atom. The zero-order valence-electron chi connectivity index (χ0n) is 12.4. The van der Waals surface area contributed by atoms with Crippen molar-refractivity contribution in [1.82, 2.24) is 4.31 Å². The van der Waals surface area contributed by atoms with Gasteiger partial charge in [-0.2, -0.15) is 0 Å². The normalized spacial score (nSPS) is 17.7. The monoisotopic (exact) mass is 365 g/mol. The summed E-state index contributed by atoms with van der Waals surface area (Å²) in [6, 6.07) is 9.33. The molecule has 8 heteroatoms. The molecule has 24 heavy (non-hydrogen) atoms. The third kappa shape index (κ3) is 2.23. The number of hydrogen-bond donors (Lipinski definition) is 0. The molecular formula is C16H12ClNO5S. The van der Waals surface area contributed by atoms with Crippen LogP contribution in [0.1, 0.15) is 15.9 Å². The van der Waals surface area contributed by atoms with Gasteiger partial charge in [-0.15, -0.1) is 0 Å². The molecule has 1 amide bonds. The Bertz CT molecular complexity index is 957. The predicted molar refractivity (Wildman–Crippen MR) is 85.9 cm³/mol. The largest absolute Gasteiger partial charge is 0.486 e. The molecule has 0 aromatic heterocycles. The van der Waals surface area contributed by atoms with Gasteiger partial charge in [0.15, 0.2) is 11.5 Å². The molecule has 2 aromatic rings. The number of sulfonamides is 1. The van der Waals surface area contributed by atoms with E-state index in [4.69, 9.17) is 21.1 Å². The number of benzene rings is 2. The molecule has 0 atom stereocenters. The molecule has 2 aliphatic rings. The average Bonchev–Trinajstić information content (AvgIpc) is 2.77. The van der Waals surface area contributed by atoms with E-state index in [2.05, 4.69) is 0 Å². The van der Waals surface area contributed by atoms with E-state index in [9.17, 15) is 13.2 Å². The van der Waals surface area contributed by atoms with Crippen molar-refractivity contribution in [3.63, 3.8) is 0 Å². The molecule has 2 aromatic carbocycles. The van der Waals surface area contributed by atoms with Crippen molar-refractivity contribution in [3.8, 4) is 11.5 Å². The van der Waals surface area contributed by atoms with Crippen LogP contribution in [0.3, 0.4) is 0 Å². The number of carbonyl (C=O) groups excluding carboxylic acids is 1. The highest BCUT2D eigenvalue weighted by Crippen LogP contribution is 2.38. The van der Waals surface area contributed by atoms with Gasteiger partial charge in [0.05, 0.1) is 12.1 Å². The van der Waals surface area contributed by atoms with Gasteiger partial charge in [0.1, 0.15) is 18.1 Å². The maximum absolute atomic E-state index is 12.6. The van der Waals surface area contributed by atoms with Crippen LogP contribution >= 0.6 is 11.6 Å². The lowest BCUT2D eigenvalue weighted by molar-refractivity contribution is 0.0864. The fourth-order valence-electron chi connectivity index (χ4n) is 2.77. The fraction of sp³-hybridized carbons (Fsp3) is 0.188. The van der Waals surface area contributed by atoms with Crippen LogP contribution in [0.5, 0.6) is 11.5 Å². The lowest BCUT2D eigenvalue weighted by atomic mass is 10.1. The van der Waals surface area contributed by atoms with Gasteiger partial charge < -0.3 is 9.47 Å². The minimum absolute atomic E-state index is 0.0173. The predicted octanol–water partition coefficient (Wildman–Crippen LogP) is 2.46. The molecule has 0 bridgehead atoms. The van der Waals surface area contributed by atoms with Gasteiger partial charge in [0.25, 0.3) is 15.9 Å². The summed E-state index contributed by atoms with van der Waals surface area (Å²) < 4.78 is 37.0. The van der Waals surface area contributed by atoms with Crippen molar-refractivity contribution >= 4 is 27.5 Å². The van der Waals surface area contributed by atoms with E-state index in [1.165, 1.54) is 12.1 Å². The molecule has 0 unspecified atom stereocenters. The topological polar surface area (TPSA) is 72.9 Å². The van der Waals surface area contributed by atoms with Crippen molar-refractivity contribution in [1.29, 1.82) is 0 Å². The number of halogens is 1. The quantitative estimate of drug-likeness (QED) is 0.817. The van der Waals surface area contributed by atoms with Gasteiger partial charge in [0.2, 0.25) is 0 Å². The zero-order valence-corrected chi connectivity index (χ0v) is 13.9. The van der Waals surface area contributed by atoms with Crippen molar-refractivity contribution in [3.05, 3.63) is 52.5 Å². The summed E-state index contributed by atoms with van der Waals surface area (Å²) in [4.78, 5) is 12.5. The van der Waals surface area contributed by atoms with Gasteiger partial charge >= 0.3 is 0 Å². The van der Waals surface area contributed by atoms with Crippen LogP contribution in [0.15, 0.2) is 41.3 Å². The minimum Gasteiger partial charge on any atom is -0.486 e. The van der Waals surface area contributed by atoms with Crippen LogP contribution in [-0.2, 0) is 16.6 Å². The maximum atomic E-state index is 12.6. The first-order chi connectivity index (χ1) is 11.5. The highest BCUT2D eigenvalue weighted by Gasteiger charge is 2.41. The van der Waals surface area contributed by atoms with E-state index in [0.29, 0.717) is 35.3 Å². The lowest BCUT2D eigenvalue weighted by Crippen LogP contribution is -2.29. The zero-order chi connectivity index (χ0) is 16.9. The molecule has 0 radical (unpaired) electrons. The van der Waals surface area contributed by atoms with E-state index in [0.717, 1.165) is 4.31 Å². The van der Waals surface area contributed by atoms with Crippen LogP contribution in [0, 0.1) is 0 Å². The lowest BCUT2D eigenvalue weighted by Gasteiger charge is -2.21. The van der Waals surface area contributed by atoms with Gasteiger partial charge in [-0.3, -0.25) is 4.79 Å². The first-order valence-electron chi connectivity index (χ1n) is 7.22. The number of amides is 1. The Morgan fingerprint density at radius 2 is 1.75 bits per heavy atom.